The van der Waals surface area contributed by atoms with E-state index < -0.39 is 22.3 Å². The molecule has 2 amide bonds. The van der Waals surface area contributed by atoms with Gasteiger partial charge in [-0.2, -0.15) is 4.39 Å². The summed E-state index contributed by atoms with van der Waals surface area (Å²) in [5.74, 6) is -2.12. The standard InChI is InChI=1S/C19H18FN3O4/c1-12-3-2-4-13(7-12)10-21-19(25)14-8-18(24)22(11-14)15-5-6-16(20)17(9-15)23(26)27/h2-7,9,14H,8,10-11H2,1H3,(H,21,25). The highest BCUT2D eigenvalue weighted by Gasteiger charge is 2.35. The minimum atomic E-state index is -0.970. The second-order valence-corrected chi connectivity index (χ2v) is 6.51. The van der Waals surface area contributed by atoms with E-state index in [4.69, 9.17) is 0 Å². The van der Waals surface area contributed by atoms with Crippen LogP contribution in [0.25, 0.3) is 0 Å². The van der Waals surface area contributed by atoms with Gasteiger partial charge in [0.25, 0.3) is 0 Å². The highest BCUT2D eigenvalue weighted by Crippen LogP contribution is 2.29. The van der Waals surface area contributed by atoms with Crippen molar-refractivity contribution in [1.82, 2.24) is 5.32 Å². The number of carbonyl (C=O) groups is 2. The van der Waals surface area contributed by atoms with Crippen LogP contribution in [0.1, 0.15) is 17.5 Å². The molecule has 1 unspecified atom stereocenters. The smallest absolute Gasteiger partial charge is 0.306 e. The fourth-order valence-electron chi connectivity index (χ4n) is 3.10. The molecule has 0 bridgehead atoms. The Bertz CT molecular complexity index is 916. The third-order valence-electron chi connectivity index (χ3n) is 4.48. The molecule has 1 N–H and O–H groups in total. The number of amides is 2. The second-order valence-electron chi connectivity index (χ2n) is 6.51. The van der Waals surface area contributed by atoms with Gasteiger partial charge in [-0.1, -0.05) is 29.8 Å². The van der Waals surface area contributed by atoms with Gasteiger partial charge in [-0.15, -0.1) is 0 Å². The number of nitro groups is 1. The molecule has 0 spiro atoms. The van der Waals surface area contributed by atoms with Gasteiger partial charge in [0, 0.05) is 25.6 Å². The molecule has 140 valence electrons. The van der Waals surface area contributed by atoms with E-state index in [-0.39, 0.29) is 30.5 Å². The number of nitrogens with one attached hydrogen (secondary N) is 1. The number of hydrogen-bond donors (Lipinski definition) is 1. The number of aryl methyl sites for hydroxylation is 1. The lowest BCUT2D eigenvalue weighted by Gasteiger charge is -2.16. The van der Waals surface area contributed by atoms with Gasteiger partial charge in [0.1, 0.15) is 0 Å². The van der Waals surface area contributed by atoms with Crippen LogP contribution in [0.4, 0.5) is 15.8 Å². The van der Waals surface area contributed by atoms with Gasteiger partial charge in [-0.05, 0) is 24.6 Å². The monoisotopic (exact) mass is 371 g/mol. The molecule has 0 aromatic heterocycles. The highest BCUT2D eigenvalue weighted by atomic mass is 19.1. The van der Waals surface area contributed by atoms with Crippen LogP contribution in [0.3, 0.4) is 0 Å². The summed E-state index contributed by atoms with van der Waals surface area (Å²) < 4.78 is 13.5. The Morgan fingerprint density at radius 1 is 1.33 bits per heavy atom. The second kappa shape index (κ2) is 7.53. The van der Waals surface area contributed by atoms with E-state index >= 15 is 0 Å². The van der Waals surface area contributed by atoms with Gasteiger partial charge in [-0.25, -0.2) is 0 Å². The molecular weight excluding hydrogens is 353 g/mol. The van der Waals surface area contributed by atoms with Gasteiger partial charge in [0.05, 0.1) is 16.5 Å². The third kappa shape index (κ3) is 4.11. The molecule has 3 rings (SSSR count). The van der Waals surface area contributed by atoms with Gasteiger partial charge >= 0.3 is 5.69 Å². The van der Waals surface area contributed by atoms with E-state index in [9.17, 15) is 24.1 Å². The van der Waals surface area contributed by atoms with Crippen LogP contribution >= 0.6 is 0 Å². The average molecular weight is 371 g/mol. The predicted octanol–water partition coefficient (Wildman–Crippen LogP) is 2.71. The van der Waals surface area contributed by atoms with Crippen LogP contribution in [0.5, 0.6) is 0 Å². The zero-order valence-corrected chi connectivity index (χ0v) is 14.6. The largest absolute Gasteiger partial charge is 0.352 e. The van der Waals surface area contributed by atoms with Crippen molar-refractivity contribution in [1.29, 1.82) is 0 Å². The molecule has 1 aliphatic heterocycles. The number of benzene rings is 2. The number of nitro benzene ring substituents is 1. The summed E-state index contributed by atoms with van der Waals surface area (Å²) in [5.41, 5.74) is 1.55. The van der Waals surface area contributed by atoms with Crippen LogP contribution < -0.4 is 10.2 Å². The first-order valence-electron chi connectivity index (χ1n) is 8.42. The van der Waals surface area contributed by atoms with Crippen LogP contribution in [-0.4, -0.2) is 23.3 Å². The molecule has 2 aromatic carbocycles. The molecule has 0 radical (unpaired) electrons. The van der Waals surface area contributed by atoms with Gasteiger partial charge in [-0.3, -0.25) is 19.7 Å². The fourth-order valence-corrected chi connectivity index (χ4v) is 3.10. The van der Waals surface area contributed by atoms with Crippen molar-refractivity contribution >= 4 is 23.2 Å². The Morgan fingerprint density at radius 3 is 2.81 bits per heavy atom. The van der Waals surface area contributed by atoms with Crippen LogP contribution in [0.2, 0.25) is 0 Å². The average Bonchev–Trinajstić information content (AvgIpc) is 3.02. The zero-order valence-electron chi connectivity index (χ0n) is 14.6. The lowest BCUT2D eigenvalue weighted by molar-refractivity contribution is -0.387. The molecule has 0 aliphatic carbocycles. The van der Waals surface area contributed by atoms with Gasteiger partial charge in [0.15, 0.2) is 0 Å². The summed E-state index contributed by atoms with van der Waals surface area (Å²) in [6.45, 7) is 2.41. The molecule has 1 fully saturated rings. The van der Waals surface area contributed by atoms with E-state index in [1.807, 2.05) is 31.2 Å². The first kappa shape index (κ1) is 18.5. The summed E-state index contributed by atoms with van der Waals surface area (Å²) >= 11 is 0. The predicted molar refractivity (Wildman–Crippen MR) is 96.5 cm³/mol. The van der Waals surface area contributed by atoms with Gasteiger partial charge in [0.2, 0.25) is 17.6 Å². The van der Waals surface area contributed by atoms with E-state index in [1.54, 1.807) is 0 Å². The van der Waals surface area contributed by atoms with E-state index in [0.717, 1.165) is 23.3 Å². The number of rotatable bonds is 5. The Labute approximate surface area is 154 Å². The third-order valence-corrected chi connectivity index (χ3v) is 4.48. The summed E-state index contributed by atoms with van der Waals surface area (Å²) in [6, 6.07) is 11.0. The Morgan fingerprint density at radius 2 is 2.11 bits per heavy atom. The lowest BCUT2D eigenvalue weighted by Crippen LogP contribution is -2.32. The lowest BCUT2D eigenvalue weighted by atomic mass is 10.1. The highest BCUT2D eigenvalue weighted by molar-refractivity contribution is 6.00. The zero-order chi connectivity index (χ0) is 19.6. The summed E-state index contributed by atoms with van der Waals surface area (Å²) in [5, 5.41) is 13.7. The van der Waals surface area contributed by atoms with Crippen molar-refractivity contribution in [3.63, 3.8) is 0 Å². The van der Waals surface area contributed by atoms with Crippen molar-refractivity contribution < 1.29 is 18.9 Å². The SMILES string of the molecule is Cc1cccc(CNC(=O)C2CC(=O)N(c3ccc(F)c([N+](=O)[O-])c3)C2)c1. The Balaban J connectivity index is 1.67. The maximum Gasteiger partial charge on any atom is 0.306 e. The molecule has 0 saturated carbocycles. The number of anilines is 1. The molecule has 1 saturated heterocycles. The summed E-state index contributed by atoms with van der Waals surface area (Å²) in [6.07, 6.45) is 0.00479. The fraction of sp³-hybridized carbons (Fsp3) is 0.263. The van der Waals surface area contributed by atoms with E-state index in [2.05, 4.69) is 5.32 Å². The number of halogens is 1. The minimum Gasteiger partial charge on any atom is -0.352 e. The summed E-state index contributed by atoms with van der Waals surface area (Å²) in [7, 11) is 0. The van der Waals surface area contributed by atoms with Crippen LogP contribution in [-0.2, 0) is 16.1 Å². The topological polar surface area (TPSA) is 92.6 Å². The van der Waals surface area contributed by atoms with E-state index in [0.29, 0.717) is 6.54 Å². The molecule has 8 heteroatoms. The Kier molecular flexibility index (Phi) is 5.16. The number of carbonyl (C=O) groups excluding carboxylic acids is 2. The van der Waals surface area contributed by atoms with Crippen molar-refractivity contribution in [2.24, 2.45) is 5.92 Å². The van der Waals surface area contributed by atoms with Crippen molar-refractivity contribution in [3.05, 3.63) is 69.5 Å². The first-order chi connectivity index (χ1) is 12.8. The molecular formula is C19H18FN3O4. The van der Waals surface area contributed by atoms with Crippen molar-refractivity contribution in [2.75, 3.05) is 11.4 Å². The molecule has 1 aliphatic rings. The maximum absolute atomic E-state index is 13.5. The molecule has 2 aromatic rings. The molecule has 7 nitrogen and oxygen atoms in total. The van der Waals surface area contributed by atoms with E-state index in [1.165, 1.54) is 11.0 Å². The Hall–Kier alpha value is -3.29. The summed E-state index contributed by atoms with van der Waals surface area (Å²) in [4.78, 5) is 36.0. The normalized spacial score (nSPS) is 16.4. The van der Waals surface area contributed by atoms with Crippen LogP contribution in [0, 0.1) is 28.8 Å². The molecule has 1 atom stereocenters. The van der Waals surface area contributed by atoms with Crippen molar-refractivity contribution in [2.45, 2.75) is 19.9 Å². The maximum atomic E-state index is 13.5. The van der Waals surface area contributed by atoms with Gasteiger partial charge < -0.3 is 10.2 Å². The first-order valence-corrected chi connectivity index (χ1v) is 8.42. The van der Waals surface area contributed by atoms with Crippen molar-refractivity contribution in [3.8, 4) is 0 Å². The molecule has 1 heterocycles. The molecule has 27 heavy (non-hydrogen) atoms. The number of hydrogen-bond acceptors (Lipinski definition) is 4. The quantitative estimate of drug-likeness (QED) is 0.646. The number of nitrogens with zero attached hydrogens (tertiary/aromatic N) is 2. The van der Waals surface area contributed by atoms with Crippen LogP contribution in [0.15, 0.2) is 42.5 Å². The minimum absolute atomic E-state index is 0.00479.